The molecule has 1 atom stereocenters. The van der Waals surface area contributed by atoms with Gasteiger partial charge in [0.05, 0.1) is 0 Å². The van der Waals surface area contributed by atoms with Gasteiger partial charge in [-0.3, -0.25) is 9.59 Å². The number of hydrogen-bond acceptors (Lipinski definition) is 2. The number of nitrogens with one attached hydrogen (secondary N) is 1. The third-order valence-corrected chi connectivity index (χ3v) is 6.56. The molecular formula is C33H33FN2O2. The third kappa shape index (κ3) is 8.13. The number of rotatable bonds is 12. The van der Waals surface area contributed by atoms with Crippen LogP contribution in [-0.2, 0) is 35.4 Å². The van der Waals surface area contributed by atoms with Crippen LogP contribution in [-0.4, -0.2) is 29.3 Å². The average molecular weight is 509 g/mol. The monoisotopic (exact) mass is 508 g/mol. The summed E-state index contributed by atoms with van der Waals surface area (Å²) in [6.45, 7) is 0.689. The normalized spacial score (nSPS) is 11.5. The molecule has 0 aliphatic rings. The fourth-order valence-electron chi connectivity index (χ4n) is 4.47. The first-order valence-electron chi connectivity index (χ1n) is 13.0. The van der Waals surface area contributed by atoms with Crippen molar-refractivity contribution < 1.29 is 14.0 Å². The Morgan fingerprint density at radius 2 is 1.18 bits per heavy atom. The van der Waals surface area contributed by atoms with Crippen LogP contribution in [0.2, 0.25) is 0 Å². The lowest BCUT2D eigenvalue weighted by atomic mass is 10.0. The smallest absolute Gasteiger partial charge is 0.243 e. The van der Waals surface area contributed by atoms with Gasteiger partial charge in [-0.05, 0) is 47.2 Å². The van der Waals surface area contributed by atoms with E-state index >= 15 is 0 Å². The quantitative estimate of drug-likeness (QED) is 0.265. The minimum atomic E-state index is -0.707. The standard InChI is InChI=1S/C33H33FN2O2/c34-30-19-16-29(17-20-30)25-36(32(37)21-18-26-10-4-1-5-11-26)31(24-28-14-8-3-9-15-28)33(38)35-23-22-27-12-6-2-7-13-27/h1-17,19-20,31H,18,21-25H2,(H,35,38)/t31-/m0/s1. The van der Waals surface area contributed by atoms with Crippen molar-refractivity contribution in [3.8, 4) is 0 Å². The zero-order valence-corrected chi connectivity index (χ0v) is 21.4. The molecule has 0 saturated heterocycles. The van der Waals surface area contributed by atoms with Crippen molar-refractivity contribution in [1.82, 2.24) is 10.2 Å². The summed E-state index contributed by atoms with van der Waals surface area (Å²) in [5.41, 5.74) is 3.94. The number of halogens is 1. The largest absolute Gasteiger partial charge is 0.354 e. The van der Waals surface area contributed by atoms with Crippen LogP contribution in [0, 0.1) is 5.82 Å². The number of amides is 2. The lowest BCUT2D eigenvalue weighted by Gasteiger charge is -2.31. The van der Waals surface area contributed by atoms with Crippen LogP contribution in [0.3, 0.4) is 0 Å². The molecule has 0 aliphatic carbocycles. The molecule has 0 fully saturated rings. The number of carbonyl (C=O) groups excluding carboxylic acids is 2. The second kappa shape index (κ2) is 13.9. The maximum Gasteiger partial charge on any atom is 0.243 e. The van der Waals surface area contributed by atoms with Gasteiger partial charge < -0.3 is 10.2 Å². The predicted octanol–water partition coefficient (Wildman–Crippen LogP) is 5.76. The maximum absolute atomic E-state index is 13.7. The average Bonchev–Trinajstić information content (AvgIpc) is 2.96. The molecule has 0 bridgehead atoms. The lowest BCUT2D eigenvalue weighted by molar-refractivity contribution is -0.141. The summed E-state index contributed by atoms with van der Waals surface area (Å²) in [6.07, 6.45) is 1.93. The number of nitrogens with zero attached hydrogens (tertiary/aromatic N) is 1. The van der Waals surface area contributed by atoms with E-state index in [1.807, 2.05) is 91.0 Å². The van der Waals surface area contributed by atoms with Gasteiger partial charge in [0.1, 0.15) is 11.9 Å². The Morgan fingerprint density at radius 3 is 1.76 bits per heavy atom. The van der Waals surface area contributed by atoms with Crippen LogP contribution in [0.15, 0.2) is 115 Å². The lowest BCUT2D eigenvalue weighted by Crippen LogP contribution is -2.50. The van der Waals surface area contributed by atoms with Gasteiger partial charge in [0.2, 0.25) is 11.8 Å². The highest BCUT2D eigenvalue weighted by molar-refractivity contribution is 5.88. The van der Waals surface area contributed by atoms with Gasteiger partial charge in [-0.2, -0.15) is 0 Å². The van der Waals surface area contributed by atoms with Gasteiger partial charge in [-0.25, -0.2) is 4.39 Å². The molecule has 1 N–H and O–H groups in total. The minimum Gasteiger partial charge on any atom is -0.354 e. The predicted molar refractivity (Wildman–Crippen MR) is 149 cm³/mol. The molecule has 4 aromatic carbocycles. The Labute approximate surface area is 224 Å². The summed E-state index contributed by atoms with van der Waals surface area (Å²) in [5.74, 6) is -0.646. The number of hydrogen-bond donors (Lipinski definition) is 1. The molecule has 4 rings (SSSR count). The van der Waals surface area contributed by atoms with E-state index in [1.165, 1.54) is 12.1 Å². The van der Waals surface area contributed by atoms with Gasteiger partial charge in [0.15, 0.2) is 0 Å². The van der Waals surface area contributed by atoms with Crippen LogP contribution >= 0.6 is 0 Å². The Balaban J connectivity index is 1.56. The first-order valence-corrected chi connectivity index (χ1v) is 13.0. The van der Waals surface area contributed by atoms with Gasteiger partial charge in [0, 0.05) is 25.9 Å². The van der Waals surface area contributed by atoms with E-state index in [2.05, 4.69) is 5.32 Å². The second-order valence-corrected chi connectivity index (χ2v) is 9.37. The van der Waals surface area contributed by atoms with E-state index in [9.17, 15) is 14.0 Å². The number of carbonyl (C=O) groups is 2. The number of aryl methyl sites for hydroxylation is 1. The molecule has 0 aromatic heterocycles. The van der Waals surface area contributed by atoms with Crippen LogP contribution in [0.25, 0.3) is 0 Å². The molecule has 0 spiro atoms. The summed E-state index contributed by atoms with van der Waals surface area (Å²) in [7, 11) is 0. The number of benzene rings is 4. The third-order valence-electron chi connectivity index (χ3n) is 6.56. The van der Waals surface area contributed by atoms with Gasteiger partial charge in [-0.15, -0.1) is 0 Å². The first kappa shape index (κ1) is 26.8. The summed E-state index contributed by atoms with van der Waals surface area (Å²) in [6, 6.07) is 34.9. The molecule has 4 aromatic rings. The molecule has 194 valence electrons. The van der Waals surface area contributed by atoms with Gasteiger partial charge in [-0.1, -0.05) is 103 Å². The van der Waals surface area contributed by atoms with E-state index < -0.39 is 6.04 Å². The van der Waals surface area contributed by atoms with E-state index in [0.717, 1.165) is 22.3 Å². The molecule has 38 heavy (non-hydrogen) atoms. The van der Waals surface area contributed by atoms with Crippen molar-refractivity contribution in [2.24, 2.45) is 0 Å². The van der Waals surface area contributed by atoms with Crippen LogP contribution < -0.4 is 5.32 Å². The van der Waals surface area contributed by atoms with Crippen molar-refractivity contribution in [3.63, 3.8) is 0 Å². The molecule has 0 aliphatic heterocycles. The SMILES string of the molecule is O=C(NCCc1ccccc1)[C@H](Cc1ccccc1)N(Cc1ccc(F)cc1)C(=O)CCc1ccccc1. The highest BCUT2D eigenvalue weighted by atomic mass is 19.1. The maximum atomic E-state index is 13.7. The zero-order chi connectivity index (χ0) is 26.6. The molecule has 4 nitrogen and oxygen atoms in total. The topological polar surface area (TPSA) is 49.4 Å². The summed E-state index contributed by atoms with van der Waals surface area (Å²) in [5, 5.41) is 3.06. The van der Waals surface area contributed by atoms with Crippen molar-refractivity contribution in [1.29, 1.82) is 0 Å². The second-order valence-electron chi connectivity index (χ2n) is 9.37. The Kier molecular flexibility index (Phi) is 9.80. The van der Waals surface area contributed by atoms with Crippen molar-refractivity contribution in [2.45, 2.75) is 38.3 Å². The summed E-state index contributed by atoms with van der Waals surface area (Å²) in [4.78, 5) is 29.0. The Hall–Kier alpha value is -4.25. The van der Waals surface area contributed by atoms with Crippen LogP contribution in [0.4, 0.5) is 4.39 Å². The van der Waals surface area contributed by atoms with Crippen molar-refractivity contribution in [2.75, 3.05) is 6.54 Å². The van der Waals surface area contributed by atoms with Crippen LogP contribution in [0.5, 0.6) is 0 Å². The van der Waals surface area contributed by atoms with E-state index in [0.29, 0.717) is 25.8 Å². The van der Waals surface area contributed by atoms with Gasteiger partial charge in [0.25, 0.3) is 0 Å². The molecule has 0 radical (unpaired) electrons. The molecule has 2 amide bonds. The highest BCUT2D eigenvalue weighted by Gasteiger charge is 2.30. The summed E-state index contributed by atoms with van der Waals surface area (Å²) >= 11 is 0. The fourth-order valence-corrected chi connectivity index (χ4v) is 4.47. The highest BCUT2D eigenvalue weighted by Crippen LogP contribution is 2.17. The van der Waals surface area contributed by atoms with Crippen LogP contribution in [0.1, 0.15) is 28.7 Å². The van der Waals surface area contributed by atoms with E-state index in [1.54, 1.807) is 17.0 Å². The first-order chi connectivity index (χ1) is 18.6. The Bertz CT molecular complexity index is 1280. The zero-order valence-electron chi connectivity index (χ0n) is 21.4. The van der Waals surface area contributed by atoms with Crippen molar-refractivity contribution >= 4 is 11.8 Å². The summed E-state index contributed by atoms with van der Waals surface area (Å²) < 4.78 is 13.6. The molecule has 0 saturated carbocycles. The molecule has 5 heteroatoms. The molecular weight excluding hydrogens is 475 g/mol. The fraction of sp³-hybridized carbons (Fsp3) is 0.212. The molecule has 0 heterocycles. The minimum absolute atomic E-state index is 0.114. The van der Waals surface area contributed by atoms with E-state index in [-0.39, 0.29) is 30.6 Å². The van der Waals surface area contributed by atoms with E-state index in [4.69, 9.17) is 0 Å². The van der Waals surface area contributed by atoms with Gasteiger partial charge >= 0.3 is 0 Å². The Morgan fingerprint density at radius 1 is 0.658 bits per heavy atom. The molecule has 0 unspecified atom stereocenters. The van der Waals surface area contributed by atoms with Crippen molar-refractivity contribution in [3.05, 3.63) is 143 Å².